The molecule has 1 N–H and O–H groups in total. The highest BCUT2D eigenvalue weighted by molar-refractivity contribution is 5.90. The molecule has 1 fully saturated rings. The van der Waals surface area contributed by atoms with Crippen LogP contribution in [0.3, 0.4) is 0 Å². The Balaban J connectivity index is 1.51. The van der Waals surface area contributed by atoms with Gasteiger partial charge in [0.15, 0.2) is 18.5 Å². The molecule has 3 aromatic rings. The van der Waals surface area contributed by atoms with E-state index in [2.05, 4.69) is 0 Å². The first-order valence-electron chi connectivity index (χ1n) is 10.6. The number of hydrogen-bond acceptors (Lipinski definition) is 8. The predicted molar refractivity (Wildman–Crippen MR) is 119 cm³/mol. The summed E-state index contributed by atoms with van der Waals surface area (Å²) in [4.78, 5) is 37.6. The lowest BCUT2D eigenvalue weighted by molar-refractivity contribution is -0.135. The van der Waals surface area contributed by atoms with Gasteiger partial charge in [0.2, 0.25) is 0 Å². The van der Waals surface area contributed by atoms with Crippen molar-refractivity contribution in [3.63, 3.8) is 0 Å². The quantitative estimate of drug-likeness (QED) is 0.422. The van der Waals surface area contributed by atoms with E-state index in [1.165, 1.54) is 0 Å². The summed E-state index contributed by atoms with van der Waals surface area (Å²) < 4.78 is 21.8. The Morgan fingerprint density at radius 1 is 0.647 bits per heavy atom. The number of carbonyl (C=O) groups excluding carboxylic acids is 3. The van der Waals surface area contributed by atoms with Crippen molar-refractivity contribution >= 4 is 17.9 Å². The van der Waals surface area contributed by atoms with E-state index in [0.29, 0.717) is 5.56 Å². The van der Waals surface area contributed by atoms with Crippen LogP contribution in [-0.4, -0.2) is 54.2 Å². The molecule has 3 aromatic carbocycles. The first-order chi connectivity index (χ1) is 16.5. The Bertz CT molecular complexity index is 1120. The third-order valence-electron chi connectivity index (χ3n) is 5.18. The van der Waals surface area contributed by atoms with Crippen molar-refractivity contribution in [2.24, 2.45) is 0 Å². The standard InChI is InChI=1S/C26H22O8/c27-23(17-10-4-1-5-11-17)31-16-20-21(33-24(28)18-12-6-2-7-13-18)22(26(30)32-20)34-25(29)19-14-8-3-9-15-19/h1-15,20-22,26,30H,16H2/t20-,21-,22+,26?/m1/s1. The van der Waals surface area contributed by atoms with Crippen molar-refractivity contribution in [1.82, 2.24) is 0 Å². The maximum Gasteiger partial charge on any atom is 0.338 e. The summed E-state index contributed by atoms with van der Waals surface area (Å²) in [7, 11) is 0. The normalized spacial score (nSPS) is 21.4. The maximum atomic E-state index is 12.7. The van der Waals surface area contributed by atoms with E-state index in [9.17, 15) is 19.5 Å². The third kappa shape index (κ3) is 5.48. The van der Waals surface area contributed by atoms with Crippen molar-refractivity contribution in [3.05, 3.63) is 108 Å². The zero-order valence-electron chi connectivity index (χ0n) is 18.0. The van der Waals surface area contributed by atoms with E-state index in [1.54, 1.807) is 91.0 Å². The fourth-order valence-electron chi connectivity index (χ4n) is 3.46. The highest BCUT2D eigenvalue weighted by Gasteiger charge is 2.50. The third-order valence-corrected chi connectivity index (χ3v) is 5.18. The van der Waals surface area contributed by atoms with Crippen LogP contribution in [-0.2, 0) is 18.9 Å². The van der Waals surface area contributed by atoms with Gasteiger partial charge in [-0.15, -0.1) is 0 Å². The molecular weight excluding hydrogens is 440 g/mol. The number of benzene rings is 3. The van der Waals surface area contributed by atoms with Crippen molar-refractivity contribution in [2.45, 2.75) is 24.6 Å². The molecule has 34 heavy (non-hydrogen) atoms. The highest BCUT2D eigenvalue weighted by atomic mass is 16.7. The molecule has 0 radical (unpaired) electrons. The molecule has 0 aliphatic carbocycles. The van der Waals surface area contributed by atoms with E-state index < -0.39 is 42.5 Å². The van der Waals surface area contributed by atoms with Crippen LogP contribution >= 0.6 is 0 Å². The zero-order valence-corrected chi connectivity index (χ0v) is 18.0. The minimum atomic E-state index is -1.60. The van der Waals surface area contributed by atoms with E-state index in [4.69, 9.17) is 18.9 Å². The lowest BCUT2D eigenvalue weighted by Crippen LogP contribution is -2.42. The van der Waals surface area contributed by atoms with E-state index in [-0.39, 0.29) is 17.7 Å². The molecule has 4 rings (SSSR count). The molecule has 0 amide bonds. The summed E-state index contributed by atoms with van der Waals surface area (Å²) in [6.45, 7) is -0.336. The fourth-order valence-corrected chi connectivity index (χ4v) is 3.46. The molecule has 8 heteroatoms. The summed E-state index contributed by atoms with van der Waals surface area (Å²) in [6, 6.07) is 24.7. The maximum absolute atomic E-state index is 12.7. The molecule has 0 bridgehead atoms. The van der Waals surface area contributed by atoms with Crippen LogP contribution in [0.5, 0.6) is 0 Å². The van der Waals surface area contributed by atoms with Gasteiger partial charge >= 0.3 is 17.9 Å². The van der Waals surface area contributed by atoms with E-state index >= 15 is 0 Å². The lowest BCUT2D eigenvalue weighted by Gasteiger charge is -2.23. The minimum Gasteiger partial charge on any atom is -0.459 e. The Morgan fingerprint density at radius 2 is 1.06 bits per heavy atom. The summed E-state index contributed by atoms with van der Waals surface area (Å²) in [5, 5.41) is 10.5. The Morgan fingerprint density at radius 3 is 1.53 bits per heavy atom. The van der Waals surface area contributed by atoms with Crippen LogP contribution in [0.1, 0.15) is 31.1 Å². The summed E-state index contributed by atoms with van der Waals surface area (Å²) >= 11 is 0. The molecule has 0 aromatic heterocycles. The van der Waals surface area contributed by atoms with Crippen molar-refractivity contribution in [3.8, 4) is 0 Å². The molecule has 1 aliphatic heterocycles. The van der Waals surface area contributed by atoms with Crippen molar-refractivity contribution in [1.29, 1.82) is 0 Å². The number of carbonyl (C=O) groups is 3. The summed E-state index contributed by atoms with van der Waals surface area (Å²) in [5.74, 6) is -2.05. The fraction of sp³-hybridized carbons (Fsp3) is 0.192. The van der Waals surface area contributed by atoms with Crippen LogP contribution in [0.15, 0.2) is 91.0 Å². The molecule has 0 spiro atoms. The van der Waals surface area contributed by atoms with Crippen LogP contribution in [0.25, 0.3) is 0 Å². The van der Waals surface area contributed by atoms with Gasteiger partial charge in [-0.3, -0.25) is 0 Å². The van der Waals surface area contributed by atoms with Gasteiger partial charge < -0.3 is 24.1 Å². The van der Waals surface area contributed by atoms with Gasteiger partial charge in [-0.1, -0.05) is 54.6 Å². The second-order valence-electron chi connectivity index (χ2n) is 7.50. The molecule has 174 valence electrons. The first kappa shape index (κ1) is 23.2. The second-order valence-corrected chi connectivity index (χ2v) is 7.50. The van der Waals surface area contributed by atoms with Crippen LogP contribution < -0.4 is 0 Å². The summed E-state index contributed by atoms with van der Waals surface area (Å²) in [6.07, 6.45) is -5.22. The topological polar surface area (TPSA) is 108 Å². The zero-order chi connectivity index (χ0) is 23.9. The molecule has 4 atom stereocenters. The molecule has 1 heterocycles. The number of aliphatic hydroxyl groups excluding tert-OH is 1. The van der Waals surface area contributed by atoms with Crippen LogP contribution in [0.2, 0.25) is 0 Å². The van der Waals surface area contributed by atoms with Gasteiger partial charge in [0.1, 0.15) is 12.7 Å². The molecule has 0 saturated carbocycles. The largest absolute Gasteiger partial charge is 0.459 e. The molecule has 1 aliphatic rings. The predicted octanol–water partition coefficient (Wildman–Crippen LogP) is 3.01. The Hall–Kier alpha value is -4.01. The van der Waals surface area contributed by atoms with Crippen molar-refractivity contribution in [2.75, 3.05) is 6.61 Å². The molecule has 1 unspecified atom stereocenters. The Labute approximate surface area is 195 Å². The van der Waals surface area contributed by atoms with Gasteiger partial charge in [0.25, 0.3) is 0 Å². The second kappa shape index (κ2) is 10.7. The average Bonchev–Trinajstić information content (AvgIpc) is 3.17. The van der Waals surface area contributed by atoms with Crippen LogP contribution in [0, 0.1) is 0 Å². The number of hydrogen-bond donors (Lipinski definition) is 1. The van der Waals surface area contributed by atoms with Gasteiger partial charge in [-0.05, 0) is 36.4 Å². The van der Waals surface area contributed by atoms with Gasteiger partial charge in [0.05, 0.1) is 16.7 Å². The van der Waals surface area contributed by atoms with Crippen molar-refractivity contribution < 1.29 is 38.4 Å². The SMILES string of the molecule is O=C(OC[C@H]1OC(O)[C@@H](OC(=O)c2ccccc2)[C@@H]1OC(=O)c1ccccc1)c1ccccc1. The molecular formula is C26H22O8. The van der Waals surface area contributed by atoms with Gasteiger partial charge in [-0.2, -0.15) is 0 Å². The lowest BCUT2D eigenvalue weighted by atomic mass is 10.1. The van der Waals surface area contributed by atoms with Gasteiger partial charge in [0, 0.05) is 0 Å². The number of rotatable bonds is 7. The smallest absolute Gasteiger partial charge is 0.338 e. The highest BCUT2D eigenvalue weighted by Crippen LogP contribution is 2.28. The molecule has 8 nitrogen and oxygen atoms in total. The Kier molecular flexibility index (Phi) is 7.31. The number of esters is 3. The van der Waals surface area contributed by atoms with E-state index in [0.717, 1.165) is 0 Å². The van der Waals surface area contributed by atoms with Gasteiger partial charge in [-0.25, -0.2) is 14.4 Å². The average molecular weight is 462 g/mol. The summed E-state index contributed by atoms with van der Waals surface area (Å²) in [5.41, 5.74) is 0.838. The number of aliphatic hydroxyl groups is 1. The minimum absolute atomic E-state index is 0.252. The monoisotopic (exact) mass is 462 g/mol. The number of ether oxygens (including phenoxy) is 4. The van der Waals surface area contributed by atoms with Crippen LogP contribution in [0.4, 0.5) is 0 Å². The molecule has 1 saturated heterocycles. The van der Waals surface area contributed by atoms with E-state index in [1.807, 2.05) is 0 Å². The first-order valence-corrected chi connectivity index (χ1v) is 10.6.